The fraction of sp³-hybridized carbons (Fsp3) is 0.250. The van der Waals surface area contributed by atoms with Crippen LogP contribution in [0.2, 0.25) is 10.0 Å². The number of amides is 1. The summed E-state index contributed by atoms with van der Waals surface area (Å²) in [5.74, 6) is -1.35. The Kier molecular flexibility index (Phi) is 4.07. The van der Waals surface area contributed by atoms with E-state index in [0.29, 0.717) is 15.6 Å². The minimum absolute atomic E-state index is 0.0299. The maximum Gasteiger partial charge on any atom is 0.352 e. The molecule has 2 rings (SSSR count). The van der Waals surface area contributed by atoms with Crippen molar-refractivity contribution in [3.63, 3.8) is 0 Å². The lowest BCUT2D eigenvalue weighted by Crippen LogP contribution is -2.33. The van der Waals surface area contributed by atoms with Gasteiger partial charge in [-0.3, -0.25) is 4.79 Å². The molecular weight excluding hydrogens is 291 g/mol. The summed E-state index contributed by atoms with van der Waals surface area (Å²) in [4.78, 5) is 22.6. The molecule has 0 spiro atoms. The van der Waals surface area contributed by atoms with Crippen LogP contribution in [0.15, 0.2) is 23.3 Å². The van der Waals surface area contributed by atoms with Crippen LogP contribution in [0.1, 0.15) is 18.4 Å². The van der Waals surface area contributed by atoms with Gasteiger partial charge in [-0.2, -0.15) is 5.10 Å². The van der Waals surface area contributed by atoms with E-state index in [-0.39, 0.29) is 31.0 Å². The first-order valence-corrected chi connectivity index (χ1v) is 6.28. The highest BCUT2D eigenvalue weighted by Gasteiger charge is 2.24. The van der Waals surface area contributed by atoms with Crippen molar-refractivity contribution in [2.24, 2.45) is 5.10 Å². The molecule has 19 heavy (non-hydrogen) atoms. The molecule has 0 aliphatic carbocycles. The first-order valence-electron chi connectivity index (χ1n) is 5.53. The molecule has 1 N–H and O–H groups in total. The standard InChI is InChI=1S/C12H10Cl2N2O3/c13-8-3-1-2-7(11(8)14)6-16-10(17)5-4-9(15-16)12(18)19/h1-3H,4-6H2,(H,18,19). The molecule has 1 aromatic rings. The molecule has 1 amide bonds. The van der Waals surface area contributed by atoms with Gasteiger partial charge >= 0.3 is 5.97 Å². The number of hydrazone groups is 1. The molecule has 5 nitrogen and oxygen atoms in total. The highest BCUT2D eigenvalue weighted by molar-refractivity contribution is 6.42. The molecule has 0 bridgehead atoms. The van der Waals surface area contributed by atoms with Crippen molar-refractivity contribution in [1.82, 2.24) is 5.01 Å². The molecule has 7 heteroatoms. The van der Waals surface area contributed by atoms with E-state index in [2.05, 4.69) is 5.10 Å². The molecule has 1 aromatic carbocycles. The van der Waals surface area contributed by atoms with Crippen molar-refractivity contribution in [2.45, 2.75) is 19.4 Å². The number of carbonyl (C=O) groups is 2. The van der Waals surface area contributed by atoms with Gasteiger partial charge in [-0.25, -0.2) is 9.80 Å². The third-order valence-corrected chi connectivity index (χ3v) is 3.56. The quantitative estimate of drug-likeness (QED) is 0.932. The summed E-state index contributed by atoms with van der Waals surface area (Å²) >= 11 is 11.9. The van der Waals surface area contributed by atoms with Gasteiger partial charge in [0.05, 0.1) is 16.6 Å². The number of carboxylic acid groups (broad SMARTS) is 1. The molecule has 0 fully saturated rings. The van der Waals surface area contributed by atoms with Crippen molar-refractivity contribution in [1.29, 1.82) is 0 Å². The summed E-state index contributed by atoms with van der Waals surface area (Å²) in [5.41, 5.74) is 0.593. The van der Waals surface area contributed by atoms with Gasteiger partial charge in [-0.05, 0) is 11.6 Å². The van der Waals surface area contributed by atoms with E-state index >= 15 is 0 Å². The Bertz CT molecular complexity index is 572. The highest BCUT2D eigenvalue weighted by atomic mass is 35.5. The zero-order valence-electron chi connectivity index (χ0n) is 9.77. The smallest absolute Gasteiger partial charge is 0.352 e. The van der Waals surface area contributed by atoms with Crippen LogP contribution in [-0.2, 0) is 16.1 Å². The van der Waals surface area contributed by atoms with Gasteiger partial charge in [0, 0.05) is 12.8 Å². The number of carbonyl (C=O) groups excluding carboxylic acids is 1. The minimum atomic E-state index is -1.12. The van der Waals surface area contributed by atoms with Crippen molar-refractivity contribution >= 4 is 40.8 Å². The predicted octanol–water partition coefficient (Wildman–Crippen LogP) is 2.56. The Balaban J connectivity index is 2.26. The first kappa shape index (κ1) is 13.8. The summed E-state index contributed by atoms with van der Waals surface area (Å²) in [5, 5.41) is 14.6. The lowest BCUT2D eigenvalue weighted by Gasteiger charge is -2.22. The van der Waals surface area contributed by atoms with E-state index in [0.717, 1.165) is 5.01 Å². The monoisotopic (exact) mass is 300 g/mol. The number of nitrogens with zero attached hydrogens (tertiary/aromatic N) is 2. The fourth-order valence-corrected chi connectivity index (χ4v) is 2.09. The van der Waals surface area contributed by atoms with Crippen LogP contribution in [0, 0.1) is 0 Å². The van der Waals surface area contributed by atoms with Crippen molar-refractivity contribution in [3.05, 3.63) is 33.8 Å². The van der Waals surface area contributed by atoms with Crippen LogP contribution in [0.25, 0.3) is 0 Å². The average Bonchev–Trinajstić information content (AvgIpc) is 2.37. The third kappa shape index (κ3) is 3.05. The van der Waals surface area contributed by atoms with Gasteiger partial charge in [-0.1, -0.05) is 35.3 Å². The zero-order valence-corrected chi connectivity index (χ0v) is 11.3. The van der Waals surface area contributed by atoms with Gasteiger partial charge in [0.15, 0.2) is 0 Å². The van der Waals surface area contributed by atoms with Gasteiger partial charge in [0.2, 0.25) is 5.91 Å². The Morgan fingerprint density at radius 3 is 2.79 bits per heavy atom. The molecule has 0 atom stereocenters. The SMILES string of the molecule is O=C(O)C1=NN(Cc2cccc(Cl)c2Cl)C(=O)CC1. The average molecular weight is 301 g/mol. The van der Waals surface area contributed by atoms with Crippen LogP contribution in [-0.4, -0.2) is 27.7 Å². The second-order valence-corrected chi connectivity index (χ2v) is 4.80. The van der Waals surface area contributed by atoms with Crippen LogP contribution < -0.4 is 0 Å². The molecule has 0 radical (unpaired) electrons. The highest BCUT2D eigenvalue weighted by Crippen LogP contribution is 2.27. The molecule has 100 valence electrons. The van der Waals surface area contributed by atoms with E-state index in [1.165, 1.54) is 0 Å². The summed E-state index contributed by atoms with van der Waals surface area (Å²) in [6.07, 6.45) is 0.275. The number of aliphatic carboxylic acids is 1. The lowest BCUT2D eigenvalue weighted by atomic mass is 10.1. The molecule has 0 unspecified atom stereocenters. The van der Waals surface area contributed by atoms with E-state index in [9.17, 15) is 9.59 Å². The molecule has 0 saturated carbocycles. The molecule has 1 heterocycles. The van der Waals surface area contributed by atoms with Crippen LogP contribution >= 0.6 is 23.2 Å². The van der Waals surface area contributed by atoms with Crippen LogP contribution in [0.4, 0.5) is 0 Å². The second kappa shape index (κ2) is 5.59. The van der Waals surface area contributed by atoms with Crippen molar-refractivity contribution in [3.8, 4) is 0 Å². The van der Waals surface area contributed by atoms with Gasteiger partial charge in [0.25, 0.3) is 0 Å². The Hall–Kier alpha value is -1.59. The van der Waals surface area contributed by atoms with Crippen molar-refractivity contribution in [2.75, 3.05) is 0 Å². The van der Waals surface area contributed by atoms with Crippen LogP contribution in [0.3, 0.4) is 0 Å². The van der Waals surface area contributed by atoms with Gasteiger partial charge in [-0.15, -0.1) is 0 Å². The Labute approximate surface area is 119 Å². The molecular formula is C12H10Cl2N2O3. The number of hydrogen-bond acceptors (Lipinski definition) is 3. The number of halogens is 2. The Morgan fingerprint density at radius 2 is 2.11 bits per heavy atom. The second-order valence-electron chi connectivity index (χ2n) is 4.02. The summed E-state index contributed by atoms with van der Waals surface area (Å²) in [6, 6.07) is 5.06. The molecule has 0 aromatic heterocycles. The van der Waals surface area contributed by atoms with Crippen LogP contribution in [0.5, 0.6) is 0 Å². The normalized spacial score (nSPS) is 15.4. The predicted molar refractivity (Wildman–Crippen MR) is 71.3 cm³/mol. The van der Waals surface area contributed by atoms with Gasteiger partial charge in [0.1, 0.15) is 5.71 Å². The topological polar surface area (TPSA) is 70.0 Å². The largest absolute Gasteiger partial charge is 0.477 e. The van der Waals surface area contributed by atoms with Crippen molar-refractivity contribution < 1.29 is 14.7 Å². The van der Waals surface area contributed by atoms with E-state index < -0.39 is 5.97 Å². The number of hydrogen-bond donors (Lipinski definition) is 1. The van der Waals surface area contributed by atoms with E-state index in [4.69, 9.17) is 28.3 Å². The number of carboxylic acids is 1. The van der Waals surface area contributed by atoms with E-state index in [1.54, 1.807) is 18.2 Å². The maximum atomic E-state index is 11.7. The molecule has 1 aliphatic heterocycles. The summed E-state index contributed by atoms with van der Waals surface area (Å²) in [7, 11) is 0. The molecule has 1 aliphatic rings. The van der Waals surface area contributed by atoms with Gasteiger partial charge < -0.3 is 5.11 Å². The number of benzene rings is 1. The third-order valence-electron chi connectivity index (χ3n) is 2.70. The first-order chi connectivity index (χ1) is 8.99. The maximum absolute atomic E-state index is 11.7. The summed E-state index contributed by atoms with van der Waals surface area (Å²) < 4.78 is 0. The van der Waals surface area contributed by atoms with E-state index in [1.807, 2.05) is 0 Å². The minimum Gasteiger partial charge on any atom is -0.477 e. The number of rotatable bonds is 3. The zero-order chi connectivity index (χ0) is 14.0. The summed E-state index contributed by atoms with van der Waals surface area (Å²) in [6.45, 7) is 0.106. The Morgan fingerprint density at radius 1 is 1.37 bits per heavy atom. The lowest BCUT2D eigenvalue weighted by molar-refractivity contribution is -0.133. The molecule has 0 saturated heterocycles. The fourth-order valence-electron chi connectivity index (χ4n) is 1.71.